The van der Waals surface area contributed by atoms with E-state index in [0.717, 1.165) is 26.8 Å². The van der Waals surface area contributed by atoms with Gasteiger partial charge in [-0.1, -0.05) is 115 Å². The number of nitrogens with one attached hydrogen (secondary N) is 3. The Balaban J connectivity index is 1.66. The van der Waals surface area contributed by atoms with E-state index < -0.39 is 137 Å². The number of fused-ring (bicyclic) bond motifs is 1. The second kappa shape index (κ2) is 29.0. The van der Waals surface area contributed by atoms with Crippen LogP contribution in [0.15, 0.2) is 78.9 Å². The van der Waals surface area contributed by atoms with Crippen molar-refractivity contribution >= 4 is 53.2 Å². The number of amides is 8. The average molecular weight is 1180 g/mol. The molecule has 2 aliphatic heterocycles. The van der Waals surface area contributed by atoms with E-state index in [9.17, 15) is 51.8 Å². The van der Waals surface area contributed by atoms with Gasteiger partial charge in [0.2, 0.25) is 41.4 Å². The fraction of sp³-hybridized carbons (Fsp3) is 0.565. The summed E-state index contributed by atoms with van der Waals surface area (Å²) >= 11 is 0. The van der Waals surface area contributed by atoms with Crippen molar-refractivity contribution in [1.29, 1.82) is 0 Å². The molecule has 3 aromatic carbocycles. The molecule has 84 heavy (non-hydrogen) atoms. The molecule has 460 valence electrons. The first kappa shape index (κ1) is 67.4. The van der Waals surface area contributed by atoms with Crippen molar-refractivity contribution < 1.29 is 66.2 Å². The summed E-state index contributed by atoms with van der Waals surface area (Å²) in [6, 6.07) is 10.6. The minimum Gasteiger partial charge on any atom is -0.450 e. The molecule has 4 N–H and O–H groups in total. The van der Waals surface area contributed by atoms with Crippen LogP contribution in [0.3, 0.4) is 0 Å². The van der Waals surface area contributed by atoms with Gasteiger partial charge in [0, 0.05) is 53.5 Å². The summed E-state index contributed by atoms with van der Waals surface area (Å²) in [5.74, 6) is -8.45. The average Bonchev–Trinajstić information content (AvgIpc) is 2.89. The SMILES string of the molecule is CCC(C)C1NC(=O)C2CCCN2C(=O)C(Cc2cccc(-c3ccc(C(F)(F)F)cc3)c2)N(C)C(=O)C(Cc2ccccc2)NC(=O)CN(C)C(=O)C([C@H](C)CC)OC(=O)C(C(C)(C)O)N(C)C(=O)C(CC(C)C)NC(=O)[C@H](C)N(C)C1=O. The molecular formula is C62H85F3N8O11. The van der Waals surface area contributed by atoms with Gasteiger partial charge in [0.25, 0.3) is 5.91 Å². The number of alkyl halides is 3. The molecule has 8 amide bonds. The van der Waals surface area contributed by atoms with Gasteiger partial charge in [-0.05, 0) is 92.7 Å². The number of hydrogen-bond acceptors (Lipinski definition) is 11. The van der Waals surface area contributed by atoms with Gasteiger partial charge in [-0.2, -0.15) is 13.2 Å². The molecule has 5 rings (SSSR count). The Kier molecular flexibility index (Phi) is 23.2. The molecule has 0 aliphatic carbocycles. The zero-order valence-corrected chi connectivity index (χ0v) is 50.6. The molecule has 0 saturated carbocycles. The van der Waals surface area contributed by atoms with E-state index in [1.807, 2.05) is 20.8 Å². The number of carbonyl (C=O) groups is 9. The molecule has 2 aliphatic rings. The Hall–Kier alpha value is -7.36. The number of carbonyl (C=O) groups excluding carboxylic acids is 9. The highest BCUT2D eigenvalue weighted by Gasteiger charge is 2.47. The van der Waals surface area contributed by atoms with E-state index in [4.69, 9.17) is 4.74 Å². The molecule has 0 radical (unpaired) electrons. The molecule has 8 unspecified atom stereocenters. The van der Waals surface area contributed by atoms with Crippen molar-refractivity contribution in [3.8, 4) is 11.1 Å². The predicted molar refractivity (Wildman–Crippen MR) is 309 cm³/mol. The summed E-state index contributed by atoms with van der Waals surface area (Å²) in [6.45, 7) is 14.0. The van der Waals surface area contributed by atoms with Crippen LogP contribution in [0.1, 0.15) is 111 Å². The minimum absolute atomic E-state index is 0.0550. The first-order chi connectivity index (χ1) is 39.3. The third-order valence-corrected chi connectivity index (χ3v) is 16.2. The van der Waals surface area contributed by atoms with Crippen molar-refractivity contribution in [2.24, 2.45) is 17.8 Å². The standard InChI is InChI=1S/C62H85F3N8O11/c1-14-37(5)50-58(80)70(11)39(7)53(75)67-45(31-36(3)4)56(78)72(13)52(61(8,9)83)60(82)84-51(38(6)15-2)59(81)69(10)35-49(74)66-46(33-40-21-17-16-18-22-40)55(77)71(12)48(57(79)73-30-20-25-47(73)54(76)68-50)34-41-23-19-24-43(32-41)42-26-28-44(29-27-42)62(63,64)65/h16-19,21-24,26-29,32,36-39,45-48,50-52,83H,14-15,20,25,30-31,33-35H2,1-13H3,(H,66,74)(H,67,75)(H,68,76)/t37?,38-,39+,45?,46?,47?,48?,50?,51?,52?/m1/s1. The molecule has 2 saturated heterocycles. The highest BCUT2D eigenvalue weighted by Crippen LogP contribution is 2.32. The fourth-order valence-corrected chi connectivity index (χ4v) is 10.6. The van der Waals surface area contributed by atoms with Crippen LogP contribution >= 0.6 is 0 Å². The molecule has 2 fully saturated rings. The van der Waals surface area contributed by atoms with Gasteiger partial charge < -0.3 is 50.3 Å². The van der Waals surface area contributed by atoms with Crippen LogP contribution in [0.2, 0.25) is 0 Å². The smallest absolute Gasteiger partial charge is 0.416 e. The van der Waals surface area contributed by atoms with Crippen molar-refractivity contribution in [3.63, 3.8) is 0 Å². The van der Waals surface area contributed by atoms with E-state index in [1.54, 1.807) is 75.4 Å². The number of ether oxygens (including phenoxy) is 1. The topological polar surface area (TPSA) is 235 Å². The van der Waals surface area contributed by atoms with Gasteiger partial charge in [-0.25, -0.2) is 4.79 Å². The summed E-state index contributed by atoms with van der Waals surface area (Å²) in [4.78, 5) is 138. The number of nitrogens with zero attached hydrogens (tertiary/aromatic N) is 5. The maximum atomic E-state index is 15.4. The van der Waals surface area contributed by atoms with Gasteiger partial charge in [0.05, 0.1) is 17.7 Å². The maximum absolute atomic E-state index is 15.4. The minimum atomic E-state index is -4.57. The number of rotatable bonds is 12. The Morgan fingerprint density at radius 2 is 1.26 bits per heavy atom. The van der Waals surface area contributed by atoms with Crippen LogP contribution in [0.5, 0.6) is 0 Å². The third-order valence-electron chi connectivity index (χ3n) is 16.2. The van der Waals surface area contributed by atoms with E-state index in [1.165, 1.54) is 70.9 Å². The lowest BCUT2D eigenvalue weighted by Crippen LogP contribution is -2.62. The number of aliphatic hydroxyl groups is 1. The Morgan fingerprint density at radius 1 is 0.655 bits per heavy atom. The summed E-state index contributed by atoms with van der Waals surface area (Å²) in [6.07, 6.45) is -5.13. The lowest BCUT2D eigenvalue weighted by atomic mass is 9.94. The van der Waals surface area contributed by atoms with Crippen molar-refractivity contribution in [2.45, 2.75) is 167 Å². The molecule has 22 heteroatoms. The zero-order valence-electron chi connectivity index (χ0n) is 50.6. The number of cyclic esters (lactones) is 1. The van der Waals surface area contributed by atoms with Crippen LogP contribution in [0, 0.1) is 17.8 Å². The lowest BCUT2D eigenvalue weighted by Gasteiger charge is -2.38. The van der Waals surface area contributed by atoms with Gasteiger partial charge in [0.1, 0.15) is 36.3 Å². The molecular weight excluding hydrogens is 1090 g/mol. The Labute approximate surface area is 491 Å². The van der Waals surface area contributed by atoms with Gasteiger partial charge in [-0.3, -0.25) is 38.4 Å². The summed E-state index contributed by atoms with van der Waals surface area (Å²) < 4.78 is 46.7. The first-order valence-electron chi connectivity index (χ1n) is 28.8. The van der Waals surface area contributed by atoms with Crippen LogP contribution in [-0.2, 0) is 66.9 Å². The normalized spacial score (nSPS) is 24.8. The summed E-state index contributed by atoms with van der Waals surface area (Å²) in [5, 5.41) is 20.0. The largest absolute Gasteiger partial charge is 0.450 e. The van der Waals surface area contributed by atoms with E-state index in [0.29, 0.717) is 41.5 Å². The molecule has 19 nitrogen and oxygen atoms in total. The van der Waals surface area contributed by atoms with Crippen LogP contribution in [-0.4, -0.2) is 178 Å². The predicted octanol–water partition coefficient (Wildman–Crippen LogP) is 5.40. The summed E-state index contributed by atoms with van der Waals surface area (Å²) in [5.41, 5.74) is -0.778. The van der Waals surface area contributed by atoms with Crippen molar-refractivity contribution in [3.05, 3.63) is 95.6 Å². The number of benzene rings is 3. The maximum Gasteiger partial charge on any atom is 0.416 e. The number of esters is 1. The molecule has 3 aromatic rings. The third kappa shape index (κ3) is 16.9. The van der Waals surface area contributed by atoms with Crippen LogP contribution in [0.25, 0.3) is 11.1 Å². The van der Waals surface area contributed by atoms with Crippen LogP contribution in [0.4, 0.5) is 13.2 Å². The van der Waals surface area contributed by atoms with Gasteiger partial charge in [-0.15, -0.1) is 0 Å². The highest BCUT2D eigenvalue weighted by atomic mass is 19.4. The van der Waals surface area contributed by atoms with Gasteiger partial charge in [0.15, 0.2) is 12.1 Å². The molecule has 10 atom stereocenters. The molecule has 0 bridgehead atoms. The van der Waals surface area contributed by atoms with Gasteiger partial charge >= 0.3 is 12.1 Å². The fourth-order valence-electron chi connectivity index (χ4n) is 10.6. The Bertz CT molecular complexity index is 2830. The van der Waals surface area contributed by atoms with E-state index in [-0.39, 0.29) is 38.1 Å². The molecule has 2 heterocycles. The highest BCUT2D eigenvalue weighted by molar-refractivity contribution is 5.98. The summed E-state index contributed by atoms with van der Waals surface area (Å²) in [7, 11) is 5.33. The van der Waals surface area contributed by atoms with Crippen molar-refractivity contribution in [2.75, 3.05) is 41.3 Å². The van der Waals surface area contributed by atoms with Crippen molar-refractivity contribution in [1.82, 2.24) is 40.4 Å². The Morgan fingerprint density at radius 3 is 1.85 bits per heavy atom. The second-order valence-corrected chi connectivity index (χ2v) is 23.6. The quantitative estimate of drug-likeness (QED) is 0.168. The van der Waals surface area contributed by atoms with E-state index >= 15 is 9.59 Å². The zero-order chi connectivity index (χ0) is 62.7. The number of hydrogen-bond donors (Lipinski definition) is 4. The number of halogens is 3. The van der Waals surface area contributed by atoms with E-state index in [2.05, 4.69) is 16.0 Å². The molecule has 0 spiro atoms. The van der Waals surface area contributed by atoms with Crippen LogP contribution < -0.4 is 16.0 Å². The number of likely N-dealkylation sites (N-methyl/N-ethyl adjacent to an activating group) is 4. The monoisotopic (exact) mass is 1170 g/mol. The first-order valence-corrected chi connectivity index (χ1v) is 28.8. The molecule has 0 aromatic heterocycles. The lowest BCUT2D eigenvalue weighted by molar-refractivity contribution is -0.176. The second-order valence-electron chi connectivity index (χ2n) is 23.6.